The first-order valence-electron chi connectivity index (χ1n) is 5.12. The summed E-state index contributed by atoms with van der Waals surface area (Å²) in [6, 6.07) is 10.6. The summed E-state index contributed by atoms with van der Waals surface area (Å²) in [5.41, 5.74) is 1.35. The van der Waals surface area contributed by atoms with E-state index in [0.29, 0.717) is 6.10 Å². The molecule has 76 valence electrons. The number of halogens is 1. The second kappa shape index (κ2) is 3.24. The Labute approximate surface area is 97.2 Å². The van der Waals surface area contributed by atoms with E-state index >= 15 is 0 Å². The fraction of sp³-hybridized carbons (Fsp3) is 0.231. The van der Waals surface area contributed by atoms with Gasteiger partial charge in [-0.05, 0) is 35.9 Å². The fourth-order valence-corrected chi connectivity index (χ4v) is 2.59. The summed E-state index contributed by atoms with van der Waals surface area (Å²) in [6.07, 6.45) is 1.34. The van der Waals surface area contributed by atoms with Crippen molar-refractivity contribution in [2.45, 2.75) is 19.4 Å². The van der Waals surface area contributed by atoms with Crippen molar-refractivity contribution in [3.05, 3.63) is 40.4 Å². The van der Waals surface area contributed by atoms with Crippen LogP contribution in [0.4, 0.5) is 0 Å². The summed E-state index contributed by atoms with van der Waals surface area (Å²) in [5.74, 6) is 1.05. The van der Waals surface area contributed by atoms with E-state index in [2.05, 4.69) is 53.2 Å². The van der Waals surface area contributed by atoms with Crippen LogP contribution in [-0.4, -0.2) is 6.10 Å². The zero-order chi connectivity index (χ0) is 10.4. The van der Waals surface area contributed by atoms with Crippen LogP contribution in [0, 0.1) is 0 Å². The van der Waals surface area contributed by atoms with Gasteiger partial charge in [0.25, 0.3) is 0 Å². The maximum absolute atomic E-state index is 5.73. The fourth-order valence-electron chi connectivity index (χ4n) is 2.21. The molecule has 0 aliphatic carbocycles. The van der Waals surface area contributed by atoms with E-state index in [1.807, 2.05) is 0 Å². The van der Waals surface area contributed by atoms with Crippen molar-refractivity contribution in [3.8, 4) is 5.75 Å². The second-order valence-corrected chi connectivity index (χ2v) is 4.96. The van der Waals surface area contributed by atoms with Crippen LogP contribution in [-0.2, 0) is 6.42 Å². The molecule has 0 amide bonds. The molecule has 2 heteroatoms. The first-order valence-corrected chi connectivity index (χ1v) is 5.91. The molecule has 1 aliphatic rings. The molecule has 0 fully saturated rings. The zero-order valence-electron chi connectivity index (χ0n) is 8.46. The Morgan fingerprint density at radius 1 is 1.27 bits per heavy atom. The molecule has 0 N–H and O–H groups in total. The van der Waals surface area contributed by atoms with Gasteiger partial charge in [-0.2, -0.15) is 0 Å². The molecule has 0 unspecified atom stereocenters. The quantitative estimate of drug-likeness (QED) is 0.699. The highest BCUT2D eigenvalue weighted by Gasteiger charge is 2.20. The summed E-state index contributed by atoms with van der Waals surface area (Å²) in [6.45, 7) is 2.12. The topological polar surface area (TPSA) is 9.23 Å². The Morgan fingerprint density at radius 2 is 2.13 bits per heavy atom. The lowest BCUT2D eigenvalue weighted by Crippen LogP contribution is -2.05. The van der Waals surface area contributed by atoms with Gasteiger partial charge in [-0.25, -0.2) is 0 Å². The van der Waals surface area contributed by atoms with Gasteiger partial charge in [-0.1, -0.05) is 28.1 Å². The van der Waals surface area contributed by atoms with Gasteiger partial charge in [0, 0.05) is 16.5 Å². The van der Waals surface area contributed by atoms with E-state index in [1.54, 1.807) is 0 Å². The molecule has 0 saturated carbocycles. The Bertz CT molecular complexity index is 533. The molecule has 0 radical (unpaired) electrons. The first kappa shape index (κ1) is 9.22. The van der Waals surface area contributed by atoms with Gasteiger partial charge in [0.2, 0.25) is 0 Å². The van der Waals surface area contributed by atoms with Crippen molar-refractivity contribution in [2.24, 2.45) is 0 Å². The average Bonchev–Trinajstić information content (AvgIpc) is 2.58. The van der Waals surface area contributed by atoms with E-state index in [1.165, 1.54) is 16.3 Å². The lowest BCUT2D eigenvalue weighted by molar-refractivity contribution is 0.254. The molecule has 0 saturated heterocycles. The van der Waals surface area contributed by atoms with Crippen molar-refractivity contribution in [2.75, 3.05) is 0 Å². The normalized spacial score (nSPS) is 18.9. The molecule has 1 heterocycles. The number of fused-ring (bicyclic) bond motifs is 3. The van der Waals surface area contributed by atoms with E-state index in [4.69, 9.17) is 4.74 Å². The zero-order valence-corrected chi connectivity index (χ0v) is 10.0. The van der Waals surface area contributed by atoms with Gasteiger partial charge in [0.05, 0.1) is 0 Å². The van der Waals surface area contributed by atoms with E-state index < -0.39 is 0 Å². The van der Waals surface area contributed by atoms with Crippen molar-refractivity contribution >= 4 is 26.7 Å². The largest absolute Gasteiger partial charge is 0.490 e. The van der Waals surface area contributed by atoms with Crippen LogP contribution in [0.1, 0.15) is 12.5 Å². The number of ether oxygens (including phenoxy) is 1. The number of hydrogen-bond acceptors (Lipinski definition) is 1. The van der Waals surface area contributed by atoms with Crippen LogP contribution in [0.2, 0.25) is 0 Å². The molecule has 0 spiro atoms. The van der Waals surface area contributed by atoms with Gasteiger partial charge in [-0.3, -0.25) is 0 Å². The Hall–Kier alpha value is -1.02. The Balaban J connectivity index is 2.31. The summed E-state index contributed by atoms with van der Waals surface area (Å²) >= 11 is 3.49. The van der Waals surface area contributed by atoms with Crippen LogP contribution >= 0.6 is 15.9 Å². The van der Waals surface area contributed by atoms with Crippen LogP contribution in [0.25, 0.3) is 10.8 Å². The highest BCUT2D eigenvalue weighted by atomic mass is 79.9. The summed E-state index contributed by atoms with van der Waals surface area (Å²) in [5, 5.41) is 2.60. The van der Waals surface area contributed by atoms with Crippen molar-refractivity contribution < 1.29 is 4.74 Å². The number of rotatable bonds is 0. The monoisotopic (exact) mass is 262 g/mol. The Morgan fingerprint density at radius 3 is 3.00 bits per heavy atom. The third-order valence-corrected chi connectivity index (χ3v) is 3.36. The molecule has 2 aromatic carbocycles. The molecule has 15 heavy (non-hydrogen) atoms. The average molecular weight is 263 g/mol. The molecule has 0 bridgehead atoms. The molecule has 2 aromatic rings. The van der Waals surface area contributed by atoms with Gasteiger partial charge < -0.3 is 4.74 Å². The van der Waals surface area contributed by atoms with Crippen LogP contribution in [0.15, 0.2) is 34.8 Å². The minimum Gasteiger partial charge on any atom is -0.490 e. The summed E-state index contributed by atoms with van der Waals surface area (Å²) in [7, 11) is 0. The molecule has 1 aliphatic heterocycles. The van der Waals surface area contributed by atoms with Gasteiger partial charge in [0.15, 0.2) is 0 Å². The van der Waals surface area contributed by atoms with E-state index in [-0.39, 0.29) is 0 Å². The predicted molar refractivity (Wildman–Crippen MR) is 65.4 cm³/mol. The molecule has 3 rings (SSSR count). The molecular weight excluding hydrogens is 252 g/mol. The maximum Gasteiger partial charge on any atom is 0.123 e. The summed E-state index contributed by atoms with van der Waals surface area (Å²) < 4.78 is 6.86. The number of hydrogen-bond donors (Lipinski definition) is 0. The van der Waals surface area contributed by atoms with Crippen molar-refractivity contribution in [3.63, 3.8) is 0 Å². The standard InChI is InChI=1S/C13H11BrO/c1-8-6-12-11-4-3-10(14)7-9(11)2-5-13(12)15-8/h2-5,7-8H,6H2,1H3/t8-/m0/s1. The van der Waals surface area contributed by atoms with E-state index in [0.717, 1.165) is 16.6 Å². The van der Waals surface area contributed by atoms with Crippen LogP contribution < -0.4 is 4.74 Å². The molecule has 0 aromatic heterocycles. The first-order chi connectivity index (χ1) is 7.24. The summed E-state index contributed by atoms with van der Waals surface area (Å²) in [4.78, 5) is 0. The van der Waals surface area contributed by atoms with Crippen molar-refractivity contribution in [1.82, 2.24) is 0 Å². The van der Waals surface area contributed by atoms with Gasteiger partial charge >= 0.3 is 0 Å². The third-order valence-electron chi connectivity index (χ3n) is 2.87. The van der Waals surface area contributed by atoms with E-state index in [9.17, 15) is 0 Å². The number of benzene rings is 2. The second-order valence-electron chi connectivity index (χ2n) is 4.04. The highest BCUT2D eigenvalue weighted by molar-refractivity contribution is 9.10. The van der Waals surface area contributed by atoms with Crippen molar-refractivity contribution in [1.29, 1.82) is 0 Å². The predicted octanol–water partition coefficient (Wildman–Crippen LogP) is 3.93. The van der Waals surface area contributed by atoms with Crippen LogP contribution in [0.5, 0.6) is 5.75 Å². The SMILES string of the molecule is C[C@H]1Cc2c(ccc3cc(Br)ccc23)O1. The molecule has 1 nitrogen and oxygen atoms in total. The van der Waals surface area contributed by atoms with Gasteiger partial charge in [0.1, 0.15) is 11.9 Å². The highest BCUT2D eigenvalue weighted by Crippen LogP contribution is 2.35. The minimum absolute atomic E-state index is 0.314. The Kier molecular flexibility index (Phi) is 1.99. The van der Waals surface area contributed by atoms with Gasteiger partial charge in [-0.15, -0.1) is 0 Å². The lowest BCUT2D eigenvalue weighted by Gasteiger charge is -2.04. The third kappa shape index (κ3) is 1.44. The molecule has 1 atom stereocenters. The molecular formula is C13H11BrO. The maximum atomic E-state index is 5.73. The van der Waals surface area contributed by atoms with Crippen LogP contribution in [0.3, 0.4) is 0 Å². The minimum atomic E-state index is 0.314. The lowest BCUT2D eigenvalue weighted by atomic mass is 10.0. The smallest absolute Gasteiger partial charge is 0.123 e.